The average Bonchev–Trinajstić information content (AvgIpc) is 2.30. The van der Waals surface area contributed by atoms with Crippen molar-refractivity contribution >= 4 is 28.4 Å². The van der Waals surface area contributed by atoms with E-state index in [1.54, 1.807) is 0 Å². The van der Waals surface area contributed by atoms with Crippen LogP contribution in [0.5, 0.6) is 0 Å². The molecule has 1 saturated carbocycles. The van der Waals surface area contributed by atoms with Crippen molar-refractivity contribution in [3.05, 3.63) is 35.9 Å². The van der Waals surface area contributed by atoms with Gasteiger partial charge in [-0.2, -0.15) is 0 Å². The number of ketones is 1. The summed E-state index contributed by atoms with van der Waals surface area (Å²) in [6.07, 6.45) is 2.33. The number of carbonyl (C=O) groups excluding carboxylic acids is 1. The largest absolute Gasteiger partial charge is 0.392 e. The molecule has 0 heterocycles. The Morgan fingerprint density at radius 1 is 1.25 bits per heavy atom. The molecule has 1 aromatic rings. The lowest BCUT2D eigenvalue weighted by Crippen LogP contribution is -2.38. The predicted octanol–water partition coefficient (Wildman–Crippen LogP) is 2.83. The van der Waals surface area contributed by atoms with Crippen molar-refractivity contribution in [1.29, 1.82) is 0 Å². The number of rotatable bonds is 2. The summed E-state index contributed by atoms with van der Waals surface area (Å²) in [5, 5.41) is 9.95. The minimum absolute atomic E-state index is 0.0900. The van der Waals surface area contributed by atoms with Gasteiger partial charge in [0.25, 0.3) is 0 Å². The van der Waals surface area contributed by atoms with Crippen LogP contribution in [-0.4, -0.2) is 20.9 Å². The van der Waals surface area contributed by atoms with Crippen molar-refractivity contribution in [2.75, 3.05) is 0 Å². The van der Waals surface area contributed by atoms with Gasteiger partial charge in [0.15, 0.2) is 5.78 Å². The molecule has 0 amide bonds. The number of hydrogen-bond donors (Lipinski definition) is 1. The topological polar surface area (TPSA) is 37.3 Å². The normalized spacial score (nSPS) is 30.0. The van der Waals surface area contributed by atoms with E-state index < -0.39 is 6.10 Å². The van der Waals surface area contributed by atoms with Crippen molar-refractivity contribution in [3.8, 4) is 0 Å². The van der Waals surface area contributed by atoms with Gasteiger partial charge in [-0.15, -0.1) is 0 Å². The first kappa shape index (κ1) is 12.0. The first-order chi connectivity index (χ1) is 7.70. The Labute approximate surface area is 109 Å². The SMILES string of the molecule is O=C(c1ccccc1)[C@@H]1[C@H](O)CCC[C@H]1I. The molecule has 1 fully saturated rings. The summed E-state index contributed by atoms with van der Waals surface area (Å²) in [6, 6.07) is 9.28. The third-order valence-corrected chi connectivity index (χ3v) is 4.54. The van der Waals surface area contributed by atoms with E-state index in [4.69, 9.17) is 0 Å². The van der Waals surface area contributed by atoms with Gasteiger partial charge < -0.3 is 5.11 Å². The first-order valence-corrected chi connectivity index (χ1v) is 6.86. The Hall–Kier alpha value is -0.420. The molecule has 0 unspecified atom stereocenters. The van der Waals surface area contributed by atoms with Crippen molar-refractivity contribution in [1.82, 2.24) is 0 Å². The van der Waals surface area contributed by atoms with Crippen molar-refractivity contribution in [3.63, 3.8) is 0 Å². The molecular weight excluding hydrogens is 315 g/mol. The fraction of sp³-hybridized carbons (Fsp3) is 0.462. The zero-order valence-corrected chi connectivity index (χ0v) is 11.1. The summed E-state index contributed by atoms with van der Waals surface area (Å²) in [5.41, 5.74) is 0.718. The molecule has 1 aliphatic carbocycles. The van der Waals surface area contributed by atoms with Gasteiger partial charge in [-0.25, -0.2) is 0 Å². The van der Waals surface area contributed by atoms with E-state index in [9.17, 15) is 9.90 Å². The minimum Gasteiger partial charge on any atom is -0.392 e. The smallest absolute Gasteiger partial charge is 0.169 e. The second-order valence-electron chi connectivity index (χ2n) is 4.27. The highest BCUT2D eigenvalue weighted by Gasteiger charge is 2.36. The summed E-state index contributed by atoms with van der Waals surface area (Å²) < 4.78 is 0.258. The number of halogens is 1. The predicted molar refractivity (Wildman–Crippen MR) is 71.9 cm³/mol. The second-order valence-corrected chi connectivity index (χ2v) is 5.87. The Bertz CT molecular complexity index is 353. The van der Waals surface area contributed by atoms with Crippen molar-refractivity contribution in [2.24, 2.45) is 5.92 Å². The monoisotopic (exact) mass is 330 g/mol. The van der Waals surface area contributed by atoms with Gasteiger partial charge in [0.2, 0.25) is 0 Å². The molecule has 1 N–H and O–H groups in total. The van der Waals surface area contributed by atoms with Gasteiger partial charge in [-0.1, -0.05) is 52.9 Å². The van der Waals surface area contributed by atoms with Crippen LogP contribution < -0.4 is 0 Å². The van der Waals surface area contributed by atoms with Crippen LogP contribution >= 0.6 is 22.6 Å². The van der Waals surface area contributed by atoms with Gasteiger partial charge in [0.1, 0.15) is 0 Å². The Morgan fingerprint density at radius 2 is 1.94 bits per heavy atom. The third kappa shape index (κ3) is 2.46. The summed E-state index contributed by atoms with van der Waals surface area (Å²) in [6.45, 7) is 0. The maximum absolute atomic E-state index is 12.3. The summed E-state index contributed by atoms with van der Waals surface area (Å²) >= 11 is 2.30. The summed E-state index contributed by atoms with van der Waals surface area (Å²) in [4.78, 5) is 12.3. The maximum atomic E-state index is 12.3. The van der Waals surface area contributed by atoms with Crippen LogP contribution in [0.25, 0.3) is 0 Å². The molecule has 2 nitrogen and oxygen atoms in total. The van der Waals surface area contributed by atoms with E-state index in [1.807, 2.05) is 30.3 Å². The quantitative estimate of drug-likeness (QED) is 0.514. The van der Waals surface area contributed by atoms with E-state index in [1.165, 1.54) is 0 Å². The van der Waals surface area contributed by atoms with E-state index in [2.05, 4.69) is 22.6 Å². The molecule has 2 rings (SSSR count). The van der Waals surface area contributed by atoms with Crippen LogP contribution in [0, 0.1) is 5.92 Å². The molecule has 0 bridgehead atoms. The molecule has 0 radical (unpaired) electrons. The van der Waals surface area contributed by atoms with Crippen LogP contribution in [-0.2, 0) is 0 Å². The molecule has 3 heteroatoms. The molecule has 1 aromatic carbocycles. The van der Waals surface area contributed by atoms with E-state index in [0.29, 0.717) is 0 Å². The summed E-state index contributed by atoms with van der Waals surface area (Å²) in [7, 11) is 0. The summed E-state index contributed by atoms with van der Waals surface area (Å²) in [5.74, 6) is -0.135. The van der Waals surface area contributed by atoms with Crippen LogP contribution in [0.1, 0.15) is 29.6 Å². The lowest BCUT2D eigenvalue weighted by Gasteiger charge is -2.31. The van der Waals surface area contributed by atoms with E-state index >= 15 is 0 Å². The fourth-order valence-corrected chi connectivity index (χ4v) is 3.50. The standard InChI is InChI=1S/C13H15IO2/c14-10-7-4-8-11(15)12(10)13(16)9-5-2-1-3-6-9/h1-3,5-6,10-12,15H,4,7-8H2/t10-,11-,12+/m1/s1. The van der Waals surface area contributed by atoms with Gasteiger partial charge in [0, 0.05) is 9.49 Å². The first-order valence-electron chi connectivity index (χ1n) is 5.61. The number of alkyl halides is 1. The molecule has 16 heavy (non-hydrogen) atoms. The Morgan fingerprint density at radius 3 is 2.56 bits per heavy atom. The molecule has 1 aliphatic rings. The third-order valence-electron chi connectivity index (χ3n) is 3.15. The molecule has 0 saturated heterocycles. The Kier molecular flexibility index (Phi) is 3.97. The van der Waals surface area contributed by atoms with Crippen LogP contribution in [0.3, 0.4) is 0 Å². The Balaban J connectivity index is 2.20. The van der Waals surface area contributed by atoms with E-state index in [0.717, 1.165) is 24.8 Å². The van der Waals surface area contributed by atoms with Gasteiger partial charge in [-0.3, -0.25) is 4.79 Å². The highest BCUT2D eigenvalue weighted by molar-refractivity contribution is 14.1. The second kappa shape index (κ2) is 5.27. The molecule has 0 aromatic heterocycles. The number of aliphatic hydroxyl groups excluding tert-OH is 1. The zero-order valence-electron chi connectivity index (χ0n) is 8.97. The van der Waals surface area contributed by atoms with Crippen molar-refractivity contribution < 1.29 is 9.90 Å². The highest BCUT2D eigenvalue weighted by Crippen LogP contribution is 2.33. The van der Waals surface area contributed by atoms with Gasteiger partial charge in [0.05, 0.1) is 12.0 Å². The lowest BCUT2D eigenvalue weighted by molar-refractivity contribution is 0.0563. The lowest BCUT2D eigenvalue weighted by atomic mass is 9.81. The number of carbonyl (C=O) groups is 1. The molecule has 0 spiro atoms. The van der Waals surface area contributed by atoms with E-state index in [-0.39, 0.29) is 15.6 Å². The highest BCUT2D eigenvalue weighted by atomic mass is 127. The number of Topliss-reactive ketones (excluding diaryl/α,β-unsaturated/α-hetero) is 1. The van der Waals surface area contributed by atoms with Crippen LogP contribution in [0.4, 0.5) is 0 Å². The number of aliphatic hydroxyl groups is 1. The van der Waals surface area contributed by atoms with Gasteiger partial charge >= 0.3 is 0 Å². The fourth-order valence-electron chi connectivity index (χ4n) is 2.26. The number of hydrogen-bond acceptors (Lipinski definition) is 2. The molecule has 3 atom stereocenters. The molecule has 0 aliphatic heterocycles. The molecular formula is C13H15IO2. The minimum atomic E-state index is -0.469. The zero-order chi connectivity index (χ0) is 11.5. The van der Waals surface area contributed by atoms with Crippen LogP contribution in [0.2, 0.25) is 0 Å². The van der Waals surface area contributed by atoms with Crippen molar-refractivity contribution in [2.45, 2.75) is 29.3 Å². The molecule has 86 valence electrons. The average molecular weight is 330 g/mol. The number of benzene rings is 1. The van der Waals surface area contributed by atoms with Crippen LogP contribution in [0.15, 0.2) is 30.3 Å². The maximum Gasteiger partial charge on any atom is 0.169 e. The van der Waals surface area contributed by atoms with Gasteiger partial charge in [-0.05, 0) is 19.3 Å².